The number of amides is 1. The fraction of sp³-hybridized carbons (Fsp3) is 0.133. The van der Waals surface area contributed by atoms with Crippen molar-refractivity contribution in [1.82, 2.24) is 19.7 Å². The Balaban J connectivity index is 1.64. The minimum atomic E-state index is -0.215. The first kappa shape index (κ1) is 13.6. The molecular weight excluding hydrogens is 288 g/mol. The molecule has 0 aliphatic heterocycles. The van der Waals surface area contributed by atoms with Gasteiger partial charge in [-0.1, -0.05) is 41.9 Å². The fourth-order valence-corrected chi connectivity index (χ4v) is 2.18. The summed E-state index contributed by atoms with van der Waals surface area (Å²) in [6.07, 6.45) is 5.56. The van der Waals surface area contributed by atoms with Crippen molar-refractivity contribution in [3.05, 3.63) is 65.2 Å². The lowest BCUT2D eigenvalue weighted by molar-refractivity contribution is 0.0949. The minimum absolute atomic E-state index is 0.215. The molecule has 0 spiro atoms. The van der Waals surface area contributed by atoms with Gasteiger partial charge in [-0.2, -0.15) is 0 Å². The van der Waals surface area contributed by atoms with Crippen LogP contribution in [0.2, 0.25) is 5.02 Å². The number of aromatic nitrogens is 3. The third-order valence-electron chi connectivity index (χ3n) is 3.05. The van der Waals surface area contributed by atoms with E-state index in [0.717, 1.165) is 6.42 Å². The Labute approximate surface area is 126 Å². The van der Waals surface area contributed by atoms with Gasteiger partial charge in [-0.05, 0) is 12.0 Å². The molecule has 0 unspecified atom stereocenters. The van der Waals surface area contributed by atoms with Crippen LogP contribution in [-0.4, -0.2) is 26.8 Å². The zero-order valence-electron chi connectivity index (χ0n) is 11.2. The van der Waals surface area contributed by atoms with Gasteiger partial charge in [-0.25, -0.2) is 9.97 Å². The van der Waals surface area contributed by atoms with Crippen molar-refractivity contribution in [3.8, 4) is 0 Å². The topological polar surface area (TPSA) is 59.3 Å². The van der Waals surface area contributed by atoms with E-state index in [4.69, 9.17) is 11.6 Å². The molecule has 0 fully saturated rings. The molecule has 1 N–H and O–H groups in total. The summed E-state index contributed by atoms with van der Waals surface area (Å²) in [5.74, 6) is 0.236. The van der Waals surface area contributed by atoms with Crippen LogP contribution in [0.4, 0.5) is 0 Å². The molecule has 0 atom stereocenters. The minimum Gasteiger partial charge on any atom is -0.350 e. The Morgan fingerprint density at radius 2 is 2.05 bits per heavy atom. The maximum Gasteiger partial charge on any atom is 0.271 e. The molecule has 106 valence electrons. The number of hydrogen-bond donors (Lipinski definition) is 1. The quantitative estimate of drug-likeness (QED) is 0.804. The predicted molar refractivity (Wildman–Crippen MR) is 80.5 cm³/mol. The largest absolute Gasteiger partial charge is 0.350 e. The van der Waals surface area contributed by atoms with E-state index >= 15 is 0 Å². The molecule has 3 aromatic rings. The molecule has 0 radical (unpaired) electrons. The van der Waals surface area contributed by atoms with Gasteiger partial charge in [0.1, 0.15) is 5.69 Å². The lowest BCUT2D eigenvalue weighted by atomic mass is 10.1. The first-order chi connectivity index (χ1) is 10.2. The van der Waals surface area contributed by atoms with Crippen molar-refractivity contribution in [1.29, 1.82) is 0 Å². The van der Waals surface area contributed by atoms with E-state index in [1.165, 1.54) is 11.8 Å². The number of carbonyl (C=O) groups excluding carboxylic acids is 1. The lowest BCUT2D eigenvalue weighted by Crippen LogP contribution is -2.25. The summed E-state index contributed by atoms with van der Waals surface area (Å²) in [5, 5.41) is 3.34. The second-order valence-corrected chi connectivity index (χ2v) is 5.03. The zero-order chi connectivity index (χ0) is 14.7. The normalized spacial score (nSPS) is 10.7. The number of nitrogens with one attached hydrogen (secondary N) is 1. The van der Waals surface area contributed by atoms with Gasteiger partial charge in [-0.15, -0.1) is 0 Å². The van der Waals surface area contributed by atoms with Crippen molar-refractivity contribution >= 4 is 23.3 Å². The Hall–Kier alpha value is -2.40. The van der Waals surface area contributed by atoms with Gasteiger partial charge >= 0.3 is 0 Å². The summed E-state index contributed by atoms with van der Waals surface area (Å²) >= 11 is 5.85. The molecule has 6 heteroatoms. The Kier molecular flexibility index (Phi) is 3.83. The highest BCUT2D eigenvalue weighted by Gasteiger charge is 2.11. The van der Waals surface area contributed by atoms with Crippen molar-refractivity contribution < 1.29 is 4.79 Å². The molecule has 0 bridgehead atoms. The van der Waals surface area contributed by atoms with Crippen LogP contribution in [0.25, 0.3) is 5.78 Å². The molecule has 3 rings (SSSR count). The van der Waals surface area contributed by atoms with Crippen molar-refractivity contribution in [2.45, 2.75) is 6.42 Å². The molecule has 1 amide bonds. The summed E-state index contributed by atoms with van der Waals surface area (Å²) < 4.78 is 1.63. The van der Waals surface area contributed by atoms with Crippen molar-refractivity contribution in [3.63, 3.8) is 0 Å². The van der Waals surface area contributed by atoms with Gasteiger partial charge in [0.15, 0.2) is 0 Å². The number of benzene rings is 1. The van der Waals surface area contributed by atoms with E-state index in [1.54, 1.807) is 16.8 Å². The Bertz CT molecular complexity index is 770. The molecule has 5 nitrogen and oxygen atoms in total. The van der Waals surface area contributed by atoms with Crippen LogP contribution in [0.3, 0.4) is 0 Å². The average Bonchev–Trinajstić information content (AvgIpc) is 2.91. The summed E-state index contributed by atoms with van der Waals surface area (Å²) in [6, 6.07) is 9.99. The standard InChI is InChI=1S/C15H13ClN4O/c16-12-8-18-15-19-13(10-20(15)9-12)14(21)17-7-6-11-4-2-1-3-5-11/h1-5,8-10H,6-7H2,(H,17,21). The number of halogens is 1. The van der Waals surface area contributed by atoms with Crippen LogP contribution in [0, 0.1) is 0 Å². The zero-order valence-corrected chi connectivity index (χ0v) is 11.9. The predicted octanol–water partition coefficient (Wildman–Crippen LogP) is 2.36. The number of nitrogens with zero attached hydrogens (tertiary/aromatic N) is 3. The molecule has 0 aliphatic rings. The highest BCUT2D eigenvalue weighted by atomic mass is 35.5. The molecule has 2 heterocycles. The van der Waals surface area contributed by atoms with Crippen LogP contribution < -0.4 is 5.32 Å². The van der Waals surface area contributed by atoms with Gasteiger partial charge in [0.2, 0.25) is 5.78 Å². The number of carbonyl (C=O) groups is 1. The van der Waals surface area contributed by atoms with Gasteiger partial charge in [0, 0.05) is 18.9 Å². The molecule has 1 aromatic carbocycles. The maximum absolute atomic E-state index is 12.0. The lowest BCUT2D eigenvalue weighted by Gasteiger charge is -2.03. The van der Waals surface area contributed by atoms with Crippen LogP contribution >= 0.6 is 11.6 Å². The van der Waals surface area contributed by atoms with Crippen LogP contribution in [0.1, 0.15) is 16.1 Å². The summed E-state index contributed by atoms with van der Waals surface area (Å²) in [5.41, 5.74) is 1.51. The molecule has 0 saturated heterocycles. The first-order valence-corrected chi connectivity index (χ1v) is 6.92. The van der Waals surface area contributed by atoms with Crippen LogP contribution in [0.5, 0.6) is 0 Å². The van der Waals surface area contributed by atoms with E-state index in [9.17, 15) is 4.79 Å². The smallest absolute Gasteiger partial charge is 0.271 e. The monoisotopic (exact) mass is 300 g/mol. The van der Waals surface area contributed by atoms with Gasteiger partial charge in [-0.3, -0.25) is 9.20 Å². The molecular formula is C15H13ClN4O. The van der Waals surface area contributed by atoms with E-state index in [2.05, 4.69) is 15.3 Å². The Morgan fingerprint density at radius 3 is 2.86 bits per heavy atom. The Morgan fingerprint density at radius 1 is 1.24 bits per heavy atom. The van der Waals surface area contributed by atoms with E-state index in [-0.39, 0.29) is 5.91 Å². The summed E-state index contributed by atoms with van der Waals surface area (Å²) in [4.78, 5) is 20.3. The van der Waals surface area contributed by atoms with E-state index in [1.807, 2.05) is 30.3 Å². The third-order valence-corrected chi connectivity index (χ3v) is 3.25. The van der Waals surface area contributed by atoms with Gasteiger partial charge in [0.05, 0.1) is 11.2 Å². The number of rotatable bonds is 4. The second kappa shape index (κ2) is 5.93. The second-order valence-electron chi connectivity index (χ2n) is 4.60. The average molecular weight is 301 g/mol. The highest BCUT2D eigenvalue weighted by molar-refractivity contribution is 6.30. The maximum atomic E-state index is 12.0. The van der Waals surface area contributed by atoms with Gasteiger partial charge in [0.25, 0.3) is 5.91 Å². The van der Waals surface area contributed by atoms with E-state index in [0.29, 0.717) is 23.0 Å². The van der Waals surface area contributed by atoms with Crippen molar-refractivity contribution in [2.24, 2.45) is 0 Å². The number of hydrogen-bond acceptors (Lipinski definition) is 3. The third kappa shape index (κ3) is 3.20. The van der Waals surface area contributed by atoms with E-state index < -0.39 is 0 Å². The van der Waals surface area contributed by atoms with Crippen molar-refractivity contribution in [2.75, 3.05) is 6.54 Å². The van der Waals surface area contributed by atoms with Crippen LogP contribution in [-0.2, 0) is 6.42 Å². The first-order valence-electron chi connectivity index (χ1n) is 6.55. The highest BCUT2D eigenvalue weighted by Crippen LogP contribution is 2.09. The number of fused-ring (bicyclic) bond motifs is 1. The number of imidazole rings is 1. The fourth-order valence-electron chi connectivity index (χ4n) is 2.02. The van der Waals surface area contributed by atoms with Crippen LogP contribution in [0.15, 0.2) is 48.9 Å². The molecule has 0 aliphatic carbocycles. The molecule has 21 heavy (non-hydrogen) atoms. The summed E-state index contributed by atoms with van der Waals surface area (Å²) in [6.45, 7) is 0.560. The van der Waals surface area contributed by atoms with Gasteiger partial charge < -0.3 is 5.32 Å². The summed E-state index contributed by atoms with van der Waals surface area (Å²) in [7, 11) is 0. The molecule has 0 saturated carbocycles. The molecule has 2 aromatic heterocycles. The SMILES string of the molecule is O=C(NCCc1ccccc1)c1cn2cc(Cl)cnc2n1.